The molecule has 4 rings (SSSR count). The molecule has 1 aliphatic heterocycles. The standard InChI is InChI=1S/C23H17N3O4/c27-22(16-10-5-2-6-11-16)19-20(15-8-3-1-4-9-15)24-23(28)25-21(19)17-12-7-13-18(14-17)26(29)30/h1-14,21H,(H2,24,25,28)/t21-/m1/s1. The first kappa shape index (κ1) is 19.1. The molecule has 30 heavy (non-hydrogen) atoms. The first-order valence-corrected chi connectivity index (χ1v) is 9.26. The summed E-state index contributed by atoms with van der Waals surface area (Å²) in [5.74, 6) is -0.279. The molecule has 2 amide bonds. The largest absolute Gasteiger partial charge is 0.327 e. The van der Waals surface area contributed by atoms with Crippen LogP contribution in [0.25, 0.3) is 5.70 Å². The Bertz CT molecular complexity index is 1160. The van der Waals surface area contributed by atoms with Crippen molar-refractivity contribution < 1.29 is 14.5 Å². The normalized spacial score (nSPS) is 15.9. The van der Waals surface area contributed by atoms with Crippen LogP contribution in [0.2, 0.25) is 0 Å². The molecule has 0 unspecified atom stereocenters. The number of rotatable bonds is 5. The monoisotopic (exact) mass is 399 g/mol. The van der Waals surface area contributed by atoms with Gasteiger partial charge in [0.25, 0.3) is 5.69 Å². The number of carbonyl (C=O) groups excluding carboxylic acids is 2. The summed E-state index contributed by atoms with van der Waals surface area (Å²) in [5.41, 5.74) is 2.15. The van der Waals surface area contributed by atoms with E-state index in [1.54, 1.807) is 42.5 Å². The fraction of sp³-hybridized carbons (Fsp3) is 0.0435. The summed E-state index contributed by atoms with van der Waals surface area (Å²) >= 11 is 0. The van der Waals surface area contributed by atoms with Crippen LogP contribution in [0.5, 0.6) is 0 Å². The Hall–Kier alpha value is -4.26. The maximum atomic E-state index is 13.5. The van der Waals surface area contributed by atoms with E-state index >= 15 is 0 Å². The van der Waals surface area contributed by atoms with E-state index in [1.807, 2.05) is 24.3 Å². The van der Waals surface area contributed by atoms with Crippen molar-refractivity contribution in [2.45, 2.75) is 6.04 Å². The highest BCUT2D eigenvalue weighted by atomic mass is 16.6. The molecule has 0 radical (unpaired) electrons. The third-order valence-electron chi connectivity index (χ3n) is 4.83. The SMILES string of the molecule is O=C1NC(c2ccccc2)=C(C(=O)c2ccccc2)[C@@H](c2cccc([N+](=O)[O-])c2)N1. The van der Waals surface area contributed by atoms with Crippen molar-refractivity contribution in [3.8, 4) is 0 Å². The molecule has 0 aromatic heterocycles. The number of non-ortho nitro benzene ring substituents is 1. The molecule has 2 N–H and O–H groups in total. The second-order valence-electron chi connectivity index (χ2n) is 6.73. The van der Waals surface area contributed by atoms with E-state index < -0.39 is 17.0 Å². The second kappa shape index (κ2) is 8.00. The topological polar surface area (TPSA) is 101 Å². The van der Waals surface area contributed by atoms with Crippen molar-refractivity contribution in [3.63, 3.8) is 0 Å². The summed E-state index contributed by atoms with van der Waals surface area (Å²) in [6.45, 7) is 0. The smallest absolute Gasteiger partial charge is 0.320 e. The highest BCUT2D eigenvalue weighted by Crippen LogP contribution is 2.34. The van der Waals surface area contributed by atoms with Crippen LogP contribution in [0.3, 0.4) is 0 Å². The second-order valence-corrected chi connectivity index (χ2v) is 6.73. The van der Waals surface area contributed by atoms with Crippen molar-refractivity contribution in [2.75, 3.05) is 0 Å². The molecular weight excluding hydrogens is 382 g/mol. The maximum Gasteiger partial charge on any atom is 0.320 e. The number of benzene rings is 3. The predicted octanol–water partition coefficient (Wildman–Crippen LogP) is 4.24. The van der Waals surface area contributed by atoms with Crippen molar-refractivity contribution in [2.24, 2.45) is 0 Å². The zero-order valence-electron chi connectivity index (χ0n) is 15.7. The van der Waals surface area contributed by atoms with Gasteiger partial charge in [-0.15, -0.1) is 0 Å². The van der Waals surface area contributed by atoms with Crippen molar-refractivity contribution >= 4 is 23.2 Å². The van der Waals surface area contributed by atoms with Crippen LogP contribution in [-0.4, -0.2) is 16.7 Å². The Morgan fingerprint density at radius 2 is 1.57 bits per heavy atom. The number of hydrogen-bond acceptors (Lipinski definition) is 4. The molecule has 0 saturated heterocycles. The lowest BCUT2D eigenvalue weighted by molar-refractivity contribution is -0.384. The summed E-state index contributed by atoms with van der Waals surface area (Å²) in [4.78, 5) is 36.7. The van der Waals surface area contributed by atoms with E-state index in [0.29, 0.717) is 28.0 Å². The summed E-state index contributed by atoms with van der Waals surface area (Å²) < 4.78 is 0. The predicted molar refractivity (Wildman–Crippen MR) is 112 cm³/mol. The number of hydrogen-bond donors (Lipinski definition) is 2. The Kier molecular flexibility index (Phi) is 5.09. The molecule has 0 spiro atoms. The maximum absolute atomic E-state index is 13.5. The van der Waals surface area contributed by atoms with Gasteiger partial charge in [0.05, 0.1) is 22.2 Å². The number of nitro groups is 1. The summed E-state index contributed by atoms with van der Waals surface area (Å²) in [7, 11) is 0. The molecule has 3 aromatic carbocycles. The van der Waals surface area contributed by atoms with E-state index in [9.17, 15) is 19.7 Å². The molecule has 0 aliphatic carbocycles. The number of ketones is 1. The summed E-state index contributed by atoms with van der Waals surface area (Å²) in [5, 5.41) is 16.7. The highest BCUT2D eigenvalue weighted by molar-refractivity contribution is 6.16. The van der Waals surface area contributed by atoms with Crippen LogP contribution < -0.4 is 10.6 Å². The van der Waals surface area contributed by atoms with Gasteiger partial charge in [-0.3, -0.25) is 14.9 Å². The van der Waals surface area contributed by atoms with Gasteiger partial charge in [-0.05, 0) is 11.1 Å². The lowest BCUT2D eigenvalue weighted by atomic mass is 9.87. The number of nitro benzene ring substituents is 1. The van der Waals surface area contributed by atoms with Crippen molar-refractivity contribution in [1.29, 1.82) is 0 Å². The molecule has 1 heterocycles. The molecule has 1 aliphatic rings. The molecule has 1 atom stereocenters. The van der Waals surface area contributed by atoms with Crippen LogP contribution in [0.15, 0.2) is 90.5 Å². The fourth-order valence-corrected chi connectivity index (χ4v) is 3.45. The lowest BCUT2D eigenvalue weighted by Gasteiger charge is -2.30. The number of nitrogens with zero attached hydrogens (tertiary/aromatic N) is 1. The Morgan fingerprint density at radius 3 is 2.23 bits per heavy atom. The number of carbonyl (C=O) groups is 2. The number of urea groups is 1. The Morgan fingerprint density at radius 1 is 0.900 bits per heavy atom. The van der Waals surface area contributed by atoms with Crippen LogP contribution >= 0.6 is 0 Å². The quantitative estimate of drug-likeness (QED) is 0.381. The zero-order chi connectivity index (χ0) is 21.1. The minimum Gasteiger partial charge on any atom is -0.327 e. The molecule has 0 bridgehead atoms. The van der Waals surface area contributed by atoms with Gasteiger partial charge in [-0.1, -0.05) is 72.8 Å². The molecule has 148 valence electrons. The van der Waals surface area contributed by atoms with Gasteiger partial charge in [-0.25, -0.2) is 4.79 Å². The lowest BCUT2D eigenvalue weighted by Crippen LogP contribution is -2.45. The highest BCUT2D eigenvalue weighted by Gasteiger charge is 2.34. The minimum atomic E-state index is -0.846. The Balaban J connectivity index is 1.93. The average Bonchev–Trinajstić information content (AvgIpc) is 2.79. The average molecular weight is 399 g/mol. The fourth-order valence-electron chi connectivity index (χ4n) is 3.45. The van der Waals surface area contributed by atoms with Crippen molar-refractivity contribution in [1.82, 2.24) is 10.6 Å². The zero-order valence-corrected chi connectivity index (χ0v) is 15.7. The van der Waals surface area contributed by atoms with E-state index in [0.717, 1.165) is 0 Å². The third-order valence-corrected chi connectivity index (χ3v) is 4.83. The van der Waals surface area contributed by atoms with E-state index in [4.69, 9.17) is 0 Å². The van der Waals surface area contributed by atoms with Gasteiger partial charge in [0.1, 0.15) is 0 Å². The van der Waals surface area contributed by atoms with E-state index in [-0.39, 0.29) is 11.5 Å². The van der Waals surface area contributed by atoms with Gasteiger partial charge >= 0.3 is 6.03 Å². The minimum absolute atomic E-state index is 0.118. The molecule has 0 fully saturated rings. The molecule has 7 nitrogen and oxygen atoms in total. The first-order valence-electron chi connectivity index (χ1n) is 9.26. The number of amides is 2. The van der Waals surface area contributed by atoms with E-state index in [1.165, 1.54) is 18.2 Å². The van der Waals surface area contributed by atoms with Gasteiger partial charge in [0.2, 0.25) is 0 Å². The van der Waals surface area contributed by atoms with Crippen LogP contribution in [0.4, 0.5) is 10.5 Å². The van der Waals surface area contributed by atoms with Gasteiger partial charge in [0.15, 0.2) is 5.78 Å². The van der Waals surface area contributed by atoms with Crippen LogP contribution in [0, 0.1) is 10.1 Å². The molecule has 7 heteroatoms. The van der Waals surface area contributed by atoms with Crippen LogP contribution in [0.1, 0.15) is 27.5 Å². The van der Waals surface area contributed by atoms with Gasteiger partial charge in [-0.2, -0.15) is 0 Å². The molecular formula is C23H17N3O4. The summed E-state index contributed by atoms with van der Waals surface area (Å²) in [6.07, 6.45) is 0. The third kappa shape index (κ3) is 3.68. The number of Topliss-reactive ketones (excluding diaryl/α,β-unsaturated/α-hetero) is 1. The van der Waals surface area contributed by atoms with Gasteiger partial charge in [0, 0.05) is 17.7 Å². The first-order chi connectivity index (χ1) is 14.5. The molecule has 3 aromatic rings. The van der Waals surface area contributed by atoms with E-state index in [2.05, 4.69) is 10.6 Å². The molecule has 0 saturated carbocycles. The summed E-state index contributed by atoms with van der Waals surface area (Å²) in [6, 6.07) is 22.4. The van der Waals surface area contributed by atoms with Crippen molar-refractivity contribution in [3.05, 3.63) is 117 Å². The van der Waals surface area contributed by atoms with Crippen LogP contribution in [-0.2, 0) is 0 Å². The number of nitrogens with one attached hydrogen (secondary N) is 2. The van der Waals surface area contributed by atoms with Gasteiger partial charge < -0.3 is 10.6 Å². The Labute approximate surface area is 172 Å².